The zero-order valence-electron chi connectivity index (χ0n) is 11.2. The number of nitrogens with one attached hydrogen (secondary N) is 2. The molecule has 5 nitrogen and oxygen atoms in total. The summed E-state index contributed by atoms with van der Waals surface area (Å²) in [5.41, 5.74) is 0.862. The molecule has 1 amide bonds. The van der Waals surface area contributed by atoms with Crippen LogP contribution in [0.5, 0.6) is 5.75 Å². The Morgan fingerprint density at radius 1 is 1.53 bits per heavy atom. The maximum atomic E-state index is 11.8. The molecule has 0 aliphatic heterocycles. The molecule has 1 aromatic heterocycles. The van der Waals surface area contributed by atoms with Gasteiger partial charge in [-0.15, -0.1) is 0 Å². The van der Waals surface area contributed by atoms with E-state index in [0.29, 0.717) is 11.7 Å². The first-order valence-corrected chi connectivity index (χ1v) is 6.97. The van der Waals surface area contributed by atoms with Crippen molar-refractivity contribution >= 4 is 32.6 Å². The molecule has 0 fully saturated rings. The molecule has 2 rings (SSSR count). The summed E-state index contributed by atoms with van der Waals surface area (Å²) in [6.45, 7) is 4.38. The van der Waals surface area contributed by atoms with Crippen LogP contribution in [0, 0.1) is 0 Å². The Bertz CT molecular complexity index is 582. The van der Waals surface area contributed by atoms with Crippen LogP contribution in [0.4, 0.5) is 5.13 Å². The van der Waals surface area contributed by atoms with Gasteiger partial charge in [-0.1, -0.05) is 11.3 Å². The van der Waals surface area contributed by atoms with Crippen LogP contribution in [0.3, 0.4) is 0 Å². The number of nitrogens with zero attached hydrogens (tertiary/aromatic N) is 1. The van der Waals surface area contributed by atoms with Crippen molar-refractivity contribution in [3.63, 3.8) is 0 Å². The van der Waals surface area contributed by atoms with E-state index in [1.807, 2.05) is 25.1 Å². The molecule has 2 N–H and O–H groups in total. The summed E-state index contributed by atoms with van der Waals surface area (Å²) in [6, 6.07) is 5.47. The molecular formula is C13H17N3O2S. The van der Waals surface area contributed by atoms with Crippen LogP contribution in [-0.4, -0.2) is 30.6 Å². The van der Waals surface area contributed by atoms with E-state index < -0.39 is 0 Å². The number of aromatic nitrogens is 1. The van der Waals surface area contributed by atoms with Crippen LogP contribution >= 0.6 is 11.3 Å². The minimum absolute atomic E-state index is 0.0911. The van der Waals surface area contributed by atoms with Gasteiger partial charge in [0.25, 0.3) is 0 Å². The predicted octanol–water partition coefficient (Wildman–Crippen LogP) is 2.24. The highest BCUT2D eigenvalue weighted by atomic mass is 32.1. The second-order valence-corrected chi connectivity index (χ2v) is 5.11. The number of amides is 1. The third kappa shape index (κ3) is 3.21. The predicted molar refractivity (Wildman–Crippen MR) is 77.9 cm³/mol. The molecule has 102 valence electrons. The maximum Gasteiger partial charge on any atom is 0.242 e. The highest BCUT2D eigenvalue weighted by Gasteiger charge is 2.13. The lowest BCUT2D eigenvalue weighted by atomic mass is 10.3. The minimum Gasteiger partial charge on any atom is -0.494 e. The van der Waals surface area contributed by atoms with E-state index in [0.717, 1.165) is 16.0 Å². The van der Waals surface area contributed by atoms with Crippen molar-refractivity contribution in [2.75, 3.05) is 19.0 Å². The standard InChI is InChI=1S/C13H17N3O2S/c1-4-18-9-5-6-10-11(7-9)19-13(15-10)16-12(17)8(2)14-3/h5-8,14H,4H2,1-3H3,(H,15,16,17). The molecule has 0 radical (unpaired) electrons. The summed E-state index contributed by atoms with van der Waals surface area (Å²) >= 11 is 1.44. The Morgan fingerprint density at radius 3 is 3.00 bits per heavy atom. The monoisotopic (exact) mass is 279 g/mol. The first-order valence-electron chi connectivity index (χ1n) is 6.15. The van der Waals surface area contributed by atoms with Gasteiger partial charge >= 0.3 is 0 Å². The molecule has 0 spiro atoms. The van der Waals surface area contributed by atoms with Crippen LogP contribution in [0.25, 0.3) is 10.2 Å². The summed E-state index contributed by atoms with van der Waals surface area (Å²) in [4.78, 5) is 16.1. The van der Waals surface area contributed by atoms with Gasteiger partial charge in [-0.05, 0) is 39.1 Å². The Balaban J connectivity index is 2.19. The molecule has 1 atom stereocenters. The van der Waals surface area contributed by atoms with Crippen LogP contribution in [-0.2, 0) is 4.79 Å². The fourth-order valence-corrected chi connectivity index (χ4v) is 2.46. The van der Waals surface area contributed by atoms with Crippen LogP contribution in [0.2, 0.25) is 0 Å². The van der Waals surface area contributed by atoms with Crippen molar-refractivity contribution in [3.05, 3.63) is 18.2 Å². The average Bonchev–Trinajstić information content (AvgIpc) is 2.79. The minimum atomic E-state index is -0.244. The van der Waals surface area contributed by atoms with Gasteiger partial charge in [-0.2, -0.15) is 0 Å². The molecule has 0 bridgehead atoms. The van der Waals surface area contributed by atoms with Crippen molar-refractivity contribution < 1.29 is 9.53 Å². The van der Waals surface area contributed by atoms with Crippen molar-refractivity contribution in [3.8, 4) is 5.75 Å². The number of likely N-dealkylation sites (N-methyl/N-ethyl adjacent to an activating group) is 1. The molecule has 1 unspecified atom stereocenters. The van der Waals surface area contributed by atoms with Gasteiger partial charge in [0.05, 0.1) is 22.9 Å². The van der Waals surface area contributed by atoms with Crippen molar-refractivity contribution in [1.29, 1.82) is 0 Å². The molecular weight excluding hydrogens is 262 g/mol. The maximum absolute atomic E-state index is 11.8. The normalized spacial score (nSPS) is 12.4. The lowest BCUT2D eigenvalue weighted by molar-refractivity contribution is -0.117. The number of hydrogen-bond acceptors (Lipinski definition) is 5. The molecule has 0 aliphatic carbocycles. The summed E-state index contributed by atoms with van der Waals surface area (Å²) in [6.07, 6.45) is 0. The molecule has 6 heteroatoms. The van der Waals surface area contributed by atoms with E-state index in [9.17, 15) is 4.79 Å². The van der Waals surface area contributed by atoms with Gasteiger partial charge in [0.1, 0.15) is 5.75 Å². The number of rotatable bonds is 5. The number of carbonyl (C=O) groups is 1. The number of fused-ring (bicyclic) bond motifs is 1. The van der Waals surface area contributed by atoms with Crippen molar-refractivity contribution in [1.82, 2.24) is 10.3 Å². The number of carbonyl (C=O) groups excluding carboxylic acids is 1. The lowest BCUT2D eigenvalue weighted by Crippen LogP contribution is -2.35. The summed E-state index contributed by atoms with van der Waals surface area (Å²) in [5, 5.41) is 6.30. The molecule has 1 aromatic carbocycles. The van der Waals surface area contributed by atoms with Gasteiger partial charge in [-0.25, -0.2) is 4.98 Å². The van der Waals surface area contributed by atoms with E-state index >= 15 is 0 Å². The van der Waals surface area contributed by atoms with Crippen LogP contribution in [0.1, 0.15) is 13.8 Å². The lowest BCUT2D eigenvalue weighted by Gasteiger charge is -2.08. The first-order chi connectivity index (χ1) is 9.13. The number of anilines is 1. The number of hydrogen-bond donors (Lipinski definition) is 2. The molecule has 0 saturated carbocycles. The van der Waals surface area contributed by atoms with E-state index in [4.69, 9.17) is 4.74 Å². The van der Waals surface area contributed by atoms with Gasteiger partial charge in [-0.3, -0.25) is 4.79 Å². The number of ether oxygens (including phenoxy) is 1. The second kappa shape index (κ2) is 5.99. The van der Waals surface area contributed by atoms with Crippen molar-refractivity contribution in [2.24, 2.45) is 0 Å². The highest BCUT2D eigenvalue weighted by molar-refractivity contribution is 7.22. The fourth-order valence-electron chi connectivity index (χ4n) is 1.56. The summed E-state index contributed by atoms with van der Waals surface area (Å²) < 4.78 is 6.44. The Kier molecular flexibility index (Phi) is 4.34. The highest BCUT2D eigenvalue weighted by Crippen LogP contribution is 2.29. The summed E-state index contributed by atoms with van der Waals surface area (Å²) in [5.74, 6) is 0.728. The van der Waals surface area contributed by atoms with E-state index in [2.05, 4.69) is 15.6 Å². The molecule has 19 heavy (non-hydrogen) atoms. The molecule has 2 aromatic rings. The second-order valence-electron chi connectivity index (χ2n) is 4.08. The topological polar surface area (TPSA) is 63.2 Å². The molecule has 1 heterocycles. The van der Waals surface area contributed by atoms with Gasteiger partial charge in [0.2, 0.25) is 5.91 Å². The number of thiazole rings is 1. The zero-order valence-corrected chi connectivity index (χ0v) is 12.0. The smallest absolute Gasteiger partial charge is 0.242 e. The number of benzene rings is 1. The third-order valence-electron chi connectivity index (χ3n) is 2.73. The average molecular weight is 279 g/mol. The Morgan fingerprint density at radius 2 is 2.32 bits per heavy atom. The van der Waals surface area contributed by atoms with Crippen molar-refractivity contribution in [2.45, 2.75) is 19.9 Å². The SMILES string of the molecule is CCOc1ccc2nc(NC(=O)C(C)NC)sc2c1. The summed E-state index contributed by atoms with van der Waals surface area (Å²) in [7, 11) is 1.75. The van der Waals surface area contributed by atoms with Gasteiger partial charge < -0.3 is 15.4 Å². The fraction of sp³-hybridized carbons (Fsp3) is 0.385. The van der Waals surface area contributed by atoms with Crippen LogP contribution in [0.15, 0.2) is 18.2 Å². The van der Waals surface area contributed by atoms with E-state index in [1.165, 1.54) is 11.3 Å². The largest absolute Gasteiger partial charge is 0.494 e. The third-order valence-corrected chi connectivity index (χ3v) is 3.66. The Labute approximate surface area is 116 Å². The first kappa shape index (κ1) is 13.8. The van der Waals surface area contributed by atoms with Gasteiger partial charge in [0, 0.05) is 0 Å². The van der Waals surface area contributed by atoms with Gasteiger partial charge in [0.15, 0.2) is 5.13 Å². The zero-order chi connectivity index (χ0) is 13.8. The quantitative estimate of drug-likeness (QED) is 0.881. The van der Waals surface area contributed by atoms with E-state index in [1.54, 1.807) is 14.0 Å². The van der Waals surface area contributed by atoms with E-state index in [-0.39, 0.29) is 11.9 Å². The molecule has 0 aliphatic rings. The van der Waals surface area contributed by atoms with Crippen LogP contribution < -0.4 is 15.4 Å². The molecule has 0 saturated heterocycles. The Hall–Kier alpha value is -1.66.